The molecule has 0 aromatic heterocycles. The molecule has 0 aliphatic carbocycles. The summed E-state index contributed by atoms with van der Waals surface area (Å²) in [6.07, 6.45) is -3.78. The molecule has 1 amide bonds. The summed E-state index contributed by atoms with van der Waals surface area (Å²) in [6, 6.07) is 14.2. The molecule has 0 radical (unpaired) electrons. The number of aryl methyl sites for hydroxylation is 1. The number of benzene rings is 2. The second-order valence-electron chi connectivity index (χ2n) is 5.71. The lowest BCUT2D eigenvalue weighted by Gasteiger charge is -2.20. The first-order chi connectivity index (χ1) is 11.8. The first kappa shape index (κ1) is 18.5. The van der Waals surface area contributed by atoms with Crippen LogP contribution < -0.4 is 0 Å². The fourth-order valence-corrected chi connectivity index (χ4v) is 2.47. The smallest absolute Gasteiger partial charge is 0.341 e. The van der Waals surface area contributed by atoms with Gasteiger partial charge in [0.05, 0.1) is 17.2 Å². The zero-order chi connectivity index (χ0) is 18.4. The topological polar surface area (TPSA) is 44.1 Å². The van der Waals surface area contributed by atoms with Gasteiger partial charge in [0.15, 0.2) is 0 Å². The van der Waals surface area contributed by atoms with Crippen LogP contribution in [0.1, 0.15) is 28.7 Å². The maximum atomic E-state index is 13.0. The van der Waals surface area contributed by atoms with Crippen LogP contribution in [0.15, 0.2) is 48.5 Å². The van der Waals surface area contributed by atoms with E-state index in [4.69, 9.17) is 5.26 Å². The molecule has 0 fully saturated rings. The minimum Gasteiger partial charge on any atom is -0.341 e. The van der Waals surface area contributed by atoms with E-state index in [-0.39, 0.29) is 24.4 Å². The van der Waals surface area contributed by atoms with E-state index in [1.165, 1.54) is 30.1 Å². The number of halogens is 3. The molecule has 0 spiro atoms. The highest BCUT2D eigenvalue weighted by molar-refractivity contribution is 5.76. The molecule has 3 nitrogen and oxygen atoms in total. The van der Waals surface area contributed by atoms with Crippen molar-refractivity contribution in [1.29, 1.82) is 5.26 Å². The minimum atomic E-state index is -4.44. The van der Waals surface area contributed by atoms with E-state index in [0.717, 1.165) is 11.6 Å². The van der Waals surface area contributed by atoms with E-state index in [1.807, 2.05) is 6.07 Å². The maximum absolute atomic E-state index is 13.0. The number of nitriles is 1. The second kappa shape index (κ2) is 7.84. The van der Waals surface area contributed by atoms with E-state index in [2.05, 4.69) is 0 Å². The van der Waals surface area contributed by atoms with Crippen molar-refractivity contribution >= 4 is 5.91 Å². The number of carbonyl (C=O) groups excluding carboxylic acids is 1. The Hall–Kier alpha value is -2.81. The lowest BCUT2D eigenvalue weighted by atomic mass is 10.1. The summed E-state index contributed by atoms with van der Waals surface area (Å²) in [5.74, 6) is -0.235. The molecule has 0 saturated carbocycles. The van der Waals surface area contributed by atoms with Crippen molar-refractivity contribution in [2.24, 2.45) is 0 Å². The zero-order valence-electron chi connectivity index (χ0n) is 13.7. The fraction of sp³-hybridized carbons (Fsp3) is 0.263. The maximum Gasteiger partial charge on any atom is 0.416 e. The molecule has 0 bridgehead atoms. The largest absolute Gasteiger partial charge is 0.416 e. The van der Waals surface area contributed by atoms with E-state index < -0.39 is 11.7 Å². The molecule has 0 saturated heterocycles. The third-order valence-electron chi connectivity index (χ3n) is 3.87. The summed E-state index contributed by atoms with van der Waals surface area (Å²) in [6.45, 7) is -0.0954. The molecule has 0 N–H and O–H groups in total. The molecule has 0 aliphatic rings. The van der Waals surface area contributed by atoms with Gasteiger partial charge in [-0.05, 0) is 35.7 Å². The molecule has 2 aromatic rings. The Morgan fingerprint density at radius 1 is 1.12 bits per heavy atom. The summed E-state index contributed by atoms with van der Waals surface area (Å²) in [5.41, 5.74) is 0.790. The molecule has 6 heteroatoms. The van der Waals surface area contributed by atoms with Gasteiger partial charge in [-0.25, -0.2) is 0 Å². The Morgan fingerprint density at radius 2 is 1.76 bits per heavy atom. The van der Waals surface area contributed by atoms with Crippen molar-refractivity contribution < 1.29 is 18.0 Å². The minimum absolute atomic E-state index is 0.0734. The van der Waals surface area contributed by atoms with Crippen LogP contribution in [0.25, 0.3) is 0 Å². The van der Waals surface area contributed by atoms with Crippen LogP contribution in [0.5, 0.6) is 0 Å². The standard InChI is InChI=1S/C19H17F3N2O/c1-24(13-16-4-2-3-5-17(16)19(20,21)22)18(25)11-10-14-6-8-15(12-23)9-7-14/h2-9H,10-11,13H2,1H3. The lowest BCUT2D eigenvalue weighted by Crippen LogP contribution is -2.27. The van der Waals surface area contributed by atoms with Gasteiger partial charge in [0, 0.05) is 20.0 Å². The van der Waals surface area contributed by atoms with Crippen LogP contribution in [-0.4, -0.2) is 17.9 Å². The van der Waals surface area contributed by atoms with Crippen molar-refractivity contribution in [3.05, 3.63) is 70.8 Å². The fourth-order valence-electron chi connectivity index (χ4n) is 2.47. The van der Waals surface area contributed by atoms with Crippen LogP contribution in [0.4, 0.5) is 13.2 Å². The predicted octanol–water partition coefficient (Wildman–Crippen LogP) is 4.17. The van der Waals surface area contributed by atoms with E-state index in [9.17, 15) is 18.0 Å². The molecule has 0 atom stereocenters. The molecule has 130 valence electrons. The van der Waals surface area contributed by atoms with Gasteiger partial charge in [-0.2, -0.15) is 18.4 Å². The molecule has 25 heavy (non-hydrogen) atoms. The summed E-state index contributed by atoms with van der Waals surface area (Å²) in [7, 11) is 1.49. The number of rotatable bonds is 5. The Labute approximate surface area is 144 Å². The van der Waals surface area contributed by atoms with Crippen LogP contribution in [0.2, 0.25) is 0 Å². The molecule has 2 aromatic carbocycles. The van der Waals surface area contributed by atoms with Crippen molar-refractivity contribution in [2.45, 2.75) is 25.6 Å². The van der Waals surface area contributed by atoms with Crippen molar-refractivity contribution in [3.8, 4) is 6.07 Å². The van der Waals surface area contributed by atoms with Crippen LogP contribution >= 0.6 is 0 Å². The van der Waals surface area contributed by atoms with E-state index >= 15 is 0 Å². The first-order valence-electron chi connectivity index (χ1n) is 7.69. The number of hydrogen-bond acceptors (Lipinski definition) is 2. The highest BCUT2D eigenvalue weighted by Crippen LogP contribution is 2.32. The Balaban J connectivity index is 1.98. The van der Waals surface area contributed by atoms with Crippen LogP contribution in [0, 0.1) is 11.3 Å². The average Bonchev–Trinajstić information content (AvgIpc) is 2.59. The summed E-state index contributed by atoms with van der Waals surface area (Å²) in [4.78, 5) is 13.5. The van der Waals surface area contributed by atoms with Gasteiger partial charge in [0.1, 0.15) is 0 Å². The van der Waals surface area contributed by atoms with Gasteiger partial charge in [-0.3, -0.25) is 4.79 Å². The summed E-state index contributed by atoms with van der Waals surface area (Å²) < 4.78 is 39.0. The third kappa shape index (κ3) is 5.08. The van der Waals surface area contributed by atoms with Crippen molar-refractivity contribution in [3.63, 3.8) is 0 Å². The monoisotopic (exact) mass is 346 g/mol. The van der Waals surface area contributed by atoms with Crippen LogP contribution in [-0.2, 0) is 23.9 Å². The molecular weight excluding hydrogens is 329 g/mol. The molecule has 0 aliphatic heterocycles. The van der Waals surface area contributed by atoms with Crippen LogP contribution in [0.3, 0.4) is 0 Å². The zero-order valence-corrected chi connectivity index (χ0v) is 13.7. The van der Waals surface area contributed by atoms with Gasteiger partial charge in [-0.1, -0.05) is 30.3 Å². The SMILES string of the molecule is CN(Cc1ccccc1C(F)(F)F)C(=O)CCc1ccc(C#N)cc1. The predicted molar refractivity (Wildman–Crippen MR) is 87.4 cm³/mol. The highest BCUT2D eigenvalue weighted by Gasteiger charge is 2.33. The molecule has 0 unspecified atom stereocenters. The molecular formula is C19H17F3N2O. The normalized spacial score (nSPS) is 11.0. The van der Waals surface area contributed by atoms with Gasteiger partial charge < -0.3 is 4.90 Å². The summed E-state index contributed by atoms with van der Waals surface area (Å²) in [5, 5.41) is 8.75. The Bertz CT molecular complexity index is 776. The number of carbonyl (C=O) groups is 1. The number of alkyl halides is 3. The van der Waals surface area contributed by atoms with Crippen molar-refractivity contribution in [1.82, 2.24) is 4.90 Å². The van der Waals surface area contributed by atoms with Crippen molar-refractivity contribution in [2.75, 3.05) is 7.05 Å². The first-order valence-corrected chi connectivity index (χ1v) is 7.69. The Morgan fingerprint density at radius 3 is 2.36 bits per heavy atom. The molecule has 2 rings (SSSR count). The lowest BCUT2D eigenvalue weighted by molar-refractivity contribution is -0.139. The van der Waals surface area contributed by atoms with E-state index in [1.54, 1.807) is 24.3 Å². The number of nitrogens with zero attached hydrogens (tertiary/aromatic N) is 2. The Kier molecular flexibility index (Phi) is 5.81. The average molecular weight is 346 g/mol. The van der Waals surface area contributed by atoms with Gasteiger partial charge >= 0.3 is 6.18 Å². The van der Waals surface area contributed by atoms with E-state index in [0.29, 0.717) is 12.0 Å². The van der Waals surface area contributed by atoms with Gasteiger partial charge in [-0.15, -0.1) is 0 Å². The number of hydrogen-bond donors (Lipinski definition) is 0. The third-order valence-corrected chi connectivity index (χ3v) is 3.87. The highest BCUT2D eigenvalue weighted by atomic mass is 19.4. The quantitative estimate of drug-likeness (QED) is 0.816. The van der Waals surface area contributed by atoms with Gasteiger partial charge in [0.2, 0.25) is 5.91 Å². The molecule has 0 heterocycles. The second-order valence-corrected chi connectivity index (χ2v) is 5.71. The summed E-state index contributed by atoms with van der Waals surface area (Å²) >= 11 is 0. The number of amides is 1. The van der Waals surface area contributed by atoms with Gasteiger partial charge in [0.25, 0.3) is 0 Å².